The first-order valence-corrected chi connectivity index (χ1v) is 12.9. The molecule has 3 aromatic rings. The van der Waals surface area contributed by atoms with Crippen molar-refractivity contribution in [2.45, 2.75) is 41.6 Å². The molecular weight excluding hydrogens is 474 g/mol. The molecule has 0 aromatic heterocycles. The second-order valence-corrected chi connectivity index (χ2v) is 10.4. The fourth-order valence-electron chi connectivity index (χ4n) is 3.71. The number of halogens is 1. The highest BCUT2D eigenvalue weighted by Gasteiger charge is 2.21. The standard InChI is InChI=1S/C26H28ClNO5S/c1-2-24(26(30)31)19-8-12-23(13-9-19)34(32,33)22-10-6-18(7-11-22)14-15-28-17-25(29)20-4-3-5-21(27)16-20/h3-13,16,24-25,28-29H,2,14-15,17H2,1H3,(H,30,31)/t24-,25?/m1/s1. The maximum absolute atomic E-state index is 13.0. The zero-order valence-corrected chi connectivity index (χ0v) is 20.4. The van der Waals surface area contributed by atoms with Crippen molar-refractivity contribution < 1.29 is 23.4 Å². The fraction of sp³-hybridized carbons (Fsp3) is 0.269. The van der Waals surface area contributed by atoms with E-state index >= 15 is 0 Å². The number of aliphatic hydroxyl groups excluding tert-OH is 1. The fourth-order valence-corrected chi connectivity index (χ4v) is 5.17. The Balaban J connectivity index is 1.57. The van der Waals surface area contributed by atoms with Crippen LogP contribution in [0.5, 0.6) is 0 Å². The highest BCUT2D eigenvalue weighted by Crippen LogP contribution is 2.25. The molecule has 0 saturated carbocycles. The number of hydrogen-bond donors (Lipinski definition) is 3. The molecule has 0 heterocycles. The van der Waals surface area contributed by atoms with Crippen LogP contribution in [0.25, 0.3) is 0 Å². The summed E-state index contributed by atoms with van der Waals surface area (Å²) in [5.41, 5.74) is 2.29. The van der Waals surface area contributed by atoms with Gasteiger partial charge in [0.1, 0.15) is 0 Å². The van der Waals surface area contributed by atoms with Gasteiger partial charge in [0.2, 0.25) is 9.84 Å². The number of nitrogens with one attached hydrogen (secondary N) is 1. The van der Waals surface area contributed by atoms with Gasteiger partial charge in [-0.3, -0.25) is 4.79 Å². The lowest BCUT2D eigenvalue weighted by molar-refractivity contribution is -0.138. The first kappa shape index (κ1) is 25.9. The van der Waals surface area contributed by atoms with Crippen molar-refractivity contribution in [2.24, 2.45) is 0 Å². The second kappa shape index (κ2) is 11.6. The molecule has 0 aliphatic heterocycles. The molecule has 3 N–H and O–H groups in total. The number of aliphatic hydroxyl groups is 1. The highest BCUT2D eigenvalue weighted by atomic mass is 35.5. The van der Waals surface area contributed by atoms with Crippen LogP contribution in [0.3, 0.4) is 0 Å². The molecular formula is C26H28ClNO5S. The number of aliphatic carboxylic acids is 1. The summed E-state index contributed by atoms with van der Waals surface area (Å²) in [7, 11) is -3.70. The molecule has 0 spiro atoms. The number of carboxylic acids is 1. The van der Waals surface area contributed by atoms with E-state index in [1.165, 1.54) is 12.1 Å². The van der Waals surface area contributed by atoms with Gasteiger partial charge in [0, 0.05) is 11.6 Å². The second-order valence-electron chi connectivity index (χ2n) is 8.04. The summed E-state index contributed by atoms with van der Waals surface area (Å²) in [4.78, 5) is 11.6. The van der Waals surface area contributed by atoms with Gasteiger partial charge >= 0.3 is 5.97 Å². The Bertz CT molecular complexity index is 1210. The third-order valence-corrected chi connectivity index (χ3v) is 7.71. The highest BCUT2D eigenvalue weighted by molar-refractivity contribution is 7.91. The van der Waals surface area contributed by atoms with Gasteiger partial charge in [-0.1, -0.05) is 54.9 Å². The van der Waals surface area contributed by atoms with Crippen molar-refractivity contribution >= 4 is 27.4 Å². The van der Waals surface area contributed by atoms with Crippen LogP contribution in [0.2, 0.25) is 5.02 Å². The third-order valence-electron chi connectivity index (χ3n) is 5.69. The van der Waals surface area contributed by atoms with Crippen molar-refractivity contribution in [1.29, 1.82) is 0 Å². The molecule has 8 heteroatoms. The Hall–Kier alpha value is -2.71. The maximum Gasteiger partial charge on any atom is 0.310 e. The average molecular weight is 502 g/mol. The summed E-state index contributed by atoms with van der Waals surface area (Å²) >= 11 is 5.96. The quantitative estimate of drug-likeness (QED) is 0.331. The van der Waals surface area contributed by atoms with Crippen molar-refractivity contribution in [3.8, 4) is 0 Å². The SMILES string of the molecule is CC[C@@H](C(=O)O)c1ccc(S(=O)(=O)c2ccc(CCNCC(O)c3cccc(Cl)c3)cc2)cc1. The molecule has 34 heavy (non-hydrogen) atoms. The van der Waals surface area contributed by atoms with Crippen molar-refractivity contribution in [1.82, 2.24) is 5.32 Å². The van der Waals surface area contributed by atoms with Crippen LogP contribution in [-0.4, -0.2) is 37.7 Å². The maximum atomic E-state index is 13.0. The van der Waals surface area contributed by atoms with Crippen LogP contribution in [0, 0.1) is 0 Å². The monoisotopic (exact) mass is 501 g/mol. The number of rotatable bonds is 11. The van der Waals surface area contributed by atoms with Gasteiger partial charge in [-0.05, 0) is 72.5 Å². The molecule has 0 amide bonds. The van der Waals surface area contributed by atoms with Gasteiger partial charge in [0.25, 0.3) is 0 Å². The van der Waals surface area contributed by atoms with Gasteiger partial charge in [-0.2, -0.15) is 0 Å². The van der Waals surface area contributed by atoms with Gasteiger partial charge in [-0.15, -0.1) is 0 Å². The molecule has 0 saturated heterocycles. The van der Waals surface area contributed by atoms with Gasteiger partial charge in [0.15, 0.2) is 0 Å². The molecule has 180 valence electrons. The Kier molecular flexibility index (Phi) is 8.85. The zero-order chi connectivity index (χ0) is 24.7. The smallest absolute Gasteiger partial charge is 0.310 e. The van der Waals surface area contributed by atoms with Crippen LogP contribution < -0.4 is 5.32 Å². The largest absolute Gasteiger partial charge is 0.481 e. The van der Waals surface area contributed by atoms with Crippen LogP contribution in [0.1, 0.15) is 42.1 Å². The number of sulfone groups is 1. The van der Waals surface area contributed by atoms with E-state index < -0.39 is 27.8 Å². The van der Waals surface area contributed by atoms with Crippen LogP contribution in [-0.2, 0) is 21.1 Å². The van der Waals surface area contributed by atoms with E-state index in [1.807, 2.05) is 6.07 Å². The molecule has 0 aliphatic carbocycles. The van der Waals surface area contributed by atoms with Crippen molar-refractivity contribution in [3.05, 3.63) is 94.5 Å². The molecule has 6 nitrogen and oxygen atoms in total. The lowest BCUT2D eigenvalue weighted by Crippen LogP contribution is -2.23. The summed E-state index contributed by atoms with van der Waals surface area (Å²) in [6.07, 6.45) is 0.433. The molecule has 0 fully saturated rings. The Morgan fingerprint density at radius 1 is 0.971 bits per heavy atom. The van der Waals surface area contributed by atoms with Gasteiger partial charge in [0.05, 0.1) is 21.8 Å². The minimum absolute atomic E-state index is 0.126. The molecule has 0 radical (unpaired) electrons. The lowest BCUT2D eigenvalue weighted by atomic mass is 9.97. The minimum atomic E-state index is -3.70. The molecule has 0 aliphatic rings. The van der Waals surface area contributed by atoms with Crippen LogP contribution in [0.4, 0.5) is 0 Å². The Morgan fingerprint density at radius 2 is 1.59 bits per heavy atom. The van der Waals surface area contributed by atoms with Crippen LogP contribution >= 0.6 is 11.6 Å². The van der Waals surface area contributed by atoms with E-state index in [0.29, 0.717) is 36.5 Å². The van der Waals surface area contributed by atoms with Crippen LogP contribution in [0.15, 0.2) is 82.6 Å². The summed E-state index contributed by atoms with van der Waals surface area (Å²) in [6.45, 7) is 2.78. The average Bonchev–Trinajstić information content (AvgIpc) is 2.82. The van der Waals surface area contributed by atoms with Gasteiger partial charge in [-0.25, -0.2) is 8.42 Å². The van der Waals surface area contributed by atoms with E-state index in [1.54, 1.807) is 61.5 Å². The summed E-state index contributed by atoms with van der Waals surface area (Å²) in [5.74, 6) is -1.58. The first-order chi connectivity index (χ1) is 16.2. The lowest BCUT2D eigenvalue weighted by Gasteiger charge is -2.13. The summed E-state index contributed by atoms with van der Waals surface area (Å²) in [6, 6.07) is 19.8. The van der Waals surface area contributed by atoms with E-state index in [4.69, 9.17) is 11.6 Å². The van der Waals surface area contributed by atoms with Crippen molar-refractivity contribution in [2.75, 3.05) is 13.1 Å². The van der Waals surface area contributed by atoms with E-state index in [0.717, 1.165) is 11.1 Å². The van der Waals surface area contributed by atoms with Crippen molar-refractivity contribution in [3.63, 3.8) is 0 Å². The van der Waals surface area contributed by atoms with E-state index in [-0.39, 0.29) is 9.79 Å². The first-order valence-electron chi connectivity index (χ1n) is 11.0. The number of hydrogen-bond acceptors (Lipinski definition) is 5. The molecule has 2 atom stereocenters. The third kappa shape index (κ3) is 6.45. The Morgan fingerprint density at radius 3 is 2.15 bits per heavy atom. The van der Waals surface area contributed by atoms with E-state index in [9.17, 15) is 23.4 Å². The van der Waals surface area contributed by atoms with E-state index in [2.05, 4.69) is 5.32 Å². The summed E-state index contributed by atoms with van der Waals surface area (Å²) < 4.78 is 25.9. The minimum Gasteiger partial charge on any atom is -0.481 e. The molecule has 3 rings (SSSR count). The number of benzene rings is 3. The Labute approximate surface area is 205 Å². The number of carbonyl (C=O) groups is 1. The zero-order valence-electron chi connectivity index (χ0n) is 18.8. The summed E-state index contributed by atoms with van der Waals surface area (Å²) in [5, 5.41) is 23.3. The predicted octanol–water partition coefficient (Wildman–Crippen LogP) is 4.62. The molecule has 3 aromatic carbocycles. The molecule has 1 unspecified atom stereocenters. The predicted molar refractivity (Wildman–Crippen MR) is 132 cm³/mol. The topological polar surface area (TPSA) is 104 Å². The normalized spacial score (nSPS) is 13.4. The van der Waals surface area contributed by atoms with Gasteiger partial charge < -0.3 is 15.5 Å². The molecule has 0 bridgehead atoms. The number of carboxylic acid groups (broad SMARTS) is 1.